The van der Waals surface area contributed by atoms with Crippen LogP contribution in [0.4, 0.5) is 0 Å². The van der Waals surface area contributed by atoms with Gasteiger partial charge in [0.15, 0.2) is 0 Å². The molecule has 0 aliphatic carbocycles. The first-order chi connectivity index (χ1) is 10.9. The molecule has 0 bridgehead atoms. The molecule has 7 heteroatoms. The van der Waals surface area contributed by atoms with Crippen LogP contribution in [0.1, 0.15) is 55.4 Å². The fourth-order valence-electron chi connectivity index (χ4n) is 3.16. The van der Waals surface area contributed by atoms with Crippen LogP contribution in [-0.2, 0) is 12.1 Å². The fraction of sp³-hybridized carbons (Fsp3) is 0.688. The van der Waals surface area contributed by atoms with Gasteiger partial charge in [0.2, 0.25) is 0 Å². The lowest BCUT2D eigenvalue weighted by molar-refractivity contribution is -0.0416. The zero-order valence-electron chi connectivity index (χ0n) is 14.3. The molecule has 126 valence electrons. The maximum atomic E-state index is 11.1. The van der Waals surface area contributed by atoms with Crippen molar-refractivity contribution in [3.8, 4) is 0 Å². The largest absolute Gasteiger partial charge is 0.382 e. The highest BCUT2D eigenvalue weighted by Gasteiger charge is 2.38. The van der Waals surface area contributed by atoms with Crippen LogP contribution in [0.3, 0.4) is 0 Å². The van der Waals surface area contributed by atoms with Gasteiger partial charge in [0.25, 0.3) is 0 Å². The van der Waals surface area contributed by atoms with Crippen LogP contribution in [0.25, 0.3) is 0 Å². The van der Waals surface area contributed by atoms with Crippen molar-refractivity contribution in [1.82, 2.24) is 25.1 Å². The number of piperidine rings is 1. The summed E-state index contributed by atoms with van der Waals surface area (Å²) in [4.78, 5) is 2.24. The van der Waals surface area contributed by atoms with Gasteiger partial charge < -0.3 is 9.63 Å². The summed E-state index contributed by atoms with van der Waals surface area (Å²) < 4.78 is 7.03. The van der Waals surface area contributed by atoms with E-state index in [0.717, 1.165) is 36.5 Å². The summed E-state index contributed by atoms with van der Waals surface area (Å²) in [5.41, 5.74) is 1.75. The second-order valence-corrected chi connectivity index (χ2v) is 6.83. The predicted octanol–water partition coefficient (Wildman–Crippen LogP) is 1.95. The van der Waals surface area contributed by atoms with E-state index in [1.54, 1.807) is 4.68 Å². The maximum absolute atomic E-state index is 11.1. The Morgan fingerprint density at radius 3 is 2.78 bits per heavy atom. The van der Waals surface area contributed by atoms with Gasteiger partial charge in [-0.1, -0.05) is 10.4 Å². The lowest BCUT2D eigenvalue weighted by atomic mass is 9.89. The summed E-state index contributed by atoms with van der Waals surface area (Å²) >= 11 is 0. The highest BCUT2D eigenvalue weighted by atomic mass is 16.5. The van der Waals surface area contributed by atoms with Gasteiger partial charge in [0, 0.05) is 24.7 Å². The molecule has 23 heavy (non-hydrogen) atoms. The molecule has 1 aliphatic heterocycles. The normalized spacial score (nSPS) is 22.9. The number of hydrogen-bond donors (Lipinski definition) is 1. The van der Waals surface area contributed by atoms with Crippen LogP contribution in [0.15, 0.2) is 10.7 Å². The molecule has 7 nitrogen and oxygen atoms in total. The minimum absolute atomic E-state index is 0.238. The molecule has 1 fully saturated rings. The van der Waals surface area contributed by atoms with E-state index in [9.17, 15) is 5.11 Å². The van der Waals surface area contributed by atoms with E-state index in [1.165, 1.54) is 0 Å². The van der Waals surface area contributed by atoms with E-state index in [4.69, 9.17) is 4.52 Å². The zero-order valence-corrected chi connectivity index (χ0v) is 14.3. The van der Waals surface area contributed by atoms with Crippen LogP contribution < -0.4 is 0 Å². The van der Waals surface area contributed by atoms with Crippen molar-refractivity contribution in [2.24, 2.45) is 0 Å². The number of hydrogen-bond acceptors (Lipinski definition) is 6. The Balaban J connectivity index is 1.76. The van der Waals surface area contributed by atoms with Gasteiger partial charge in [0.05, 0.1) is 11.9 Å². The van der Waals surface area contributed by atoms with Crippen molar-refractivity contribution in [3.63, 3.8) is 0 Å². The van der Waals surface area contributed by atoms with Crippen molar-refractivity contribution < 1.29 is 9.63 Å². The highest BCUT2D eigenvalue weighted by Crippen LogP contribution is 2.31. The minimum Gasteiger partial charge on any atom is -0.382 e. The summed E-state index contributed by atoms with van der Waals surface area (Å²) in [5, 5.41) is 23.4. The van der Waals surface area contributed by atoms with E-state index in [-0.39, 0.29) is 6.04 Å². The molecule has 0 spiro atoms. The number of nitrogens with zero attached hydrogens (tertiary/aromatic N) is 5. The van der Waals surface area contributed by atoms with Gasteiger partial charge in [-0.15, -0.1) is 5.10 Å². The number of aliphatic hydroxyl groups is 1. The molecule has 1 saturated heterocycles. The average Bonchev–Trinajstić information content (AvgIpc) is 3.11. The lowest BCUT2D eigenvalue weighted by Crippen LogP contribution is -2.46. The average molecular weight is 319 g/mol. The van der Waals surface area contributed by atoms with Crippen molar-refractivity contribution in [2.45, 2.75) is 58.7 Å². The van der Waals surface area contributed by atoms with Gasteiger partial charge in [-0.25, -0.2) is 4.68 Å². The summed E-state index contributed by atoms with van der Waals surface area (Å²) in [6.45, 7) is 10.2. The third-order valence-electron chi connectivity index (χ3n) is 4.63. The van der Waals surface area contributed by atoms with Gasteiger partial charge in [-0.2, -0.15) is 0 Å². The molecule has 2 aromatic rings. The number of rotatable bonds is 4. The van der Waals surface area contributed by atoms with Crippen molar-refractivity contribution in [1.29, 1.82) is 0 Å². The van der Waals surface area contributed by atoms with E-state index in [0.29, 0.717) is 18.7 Å². The highest BCUT2D eigenvalue weighted by molar-refractivity contribution is 5.21. The summed E-state index contributed by atoms with van der Waals surface area (Å²) in [5.74, 6) is 0.849. The van der Waals surface area contributed by atoms with E-state index in [1.807, 2.05) is 33.9 Å². The first-order valence-electron chi connectivity index (χ1n) is 8.18. The Morgan fingerprint density at radius 1 is 1.39 bits per heavy atom. The molecule has 1 aliphatic rings. The van der Waals surface area contributed by atoms with Crippen LogP contribution in [0.5, 0.6) is 0 Å². The smallest absolute Gasteiger partial charge is 0.138 e. The second-order valence-electron chi connectivity index (χ2n) is 6.83. The van der Waals surface area contributed by atoms with Gasteiger partial charge in [0.1, 0.15) is 17.1 Å². The van der Waals surface area contributed by atoms with Crippen molar-refractivity contribution >= 4 is 0 Å². The molecule has 3 rings (SSSR count). The molecule has 0 amide bonds. The second kappa shape index (κ2) is 6.05. The molecule has 1 N–H and O–H groups in total. The Labute approximate surface area is 136 Å². The van der Waals surface area contributed by atoms with Crippen LogP contribution in [0.2, 0.25) is 0 Å². The summed E-state index contributed by atoms with van der Waals surface area (Å²) in [6, 6.07) is 0.238. The first kappa shape index (κ1) is 16.1. The van der Waals surface area contributed by atoms with E-state index in [2.05, 4.69) is 20.4 Å². The topological polar surface area (TPSA) is 80.2 Å². The molecule has 0 unspecified atom stereocenters. The number of β-amino-alcohol motifs (C(OH)–C–C–N with tert-alkyl or cyclic N) is 1. The molecule has 0 saturated carbocycles. The Bertz CT molecular complexity index is 658. The zero-order chi connectivity index (χ0) is 16.6. The quantitative estimate of drug-likeness (QED) is 0.928. The SMILES string of the molecule is Cc1noc(C)c1CN1CCC[C@@](O)(c2cn(C(C)C)nn2)C1. The third-order valence-corrected chi connectivity index (χ3v) is 4.63. The Kier molecular flexibility index (Phi) is 4.25. The van der Waals surface area contributed by atoms with Crippen LogP contribution in [-0.4, -0.2) is 43.2 Å². The van der Waals surface area contributed by atoms with Gasteiger partial charge in [-0.05, 0) is 47.1 Å². The molecule has 0 radical (unpaired) electrons. The maximum Gasteiger partial charge on any atom is 0.138 e. The lowest BCUT2D eigenvalue weighted by Gasteiger charge is -2.37. The molecular weight excluding hydrogens is 294 g/mol. The molecular formula is C16H25N5O2. The van der Waals surface area contributed by atoms with Crippen LogP contribution in [0, 0.1) is 13.8 Å². The predicted molar refractivity (Wildman–Crippen MR) is 84.8 cm³/mol. The summed E-state index contributed by atoms with van der Waals surface area (Å²) in [6.07, 6.45) is 3.50. The van der Waals surface area contributed by atoms with Crippen molar-refractivity contribution in [3.05, 3.63) is 28.9 Å². The molecule has 3 heterocycles. The van der Waals surface area contributed by atoms with E-state index >= 15 is 0 Å². The van der Waals surface area contributed by atoms with Crippen LogP contribution >= 0.6 is 0 Å². The van der Waals surface area contributed by atoms with Crippen molar-refractivity contribution in [2.75, 3.05) is 13.1 Å². The standard InChI is InChI=1S/C16H25N5O2/c1-11(2)21-9-15(17-19-21)16(22)6-5-7-20(10-16)8-14-12(3)18-23-13(14)4/h9,11,22H,5-8,10H2,1-4H3/t16-/m0/s1. The molecule has 0 aromatic carbocycles. The number of likely N-dealkylation sites (tertiary alicyclic amines) is 1. The van der Waals surface area contributed by atoms with E-state index < -0.39 is 5.60 Å². The number of aryl methyl sites for hydroxylation is 2. The third kappa shape index (κ3) is 3.16. The monoisotopic (exact) mass is 319 g/mol. The van der Waals surface area contributed by atoms with Gasteiger partial charge >= 0.3 is 0 Å². The fourth-order valence-corrected chi connectivity index (χ4v) is 3.16. The Hall–Kier alpha value is -1.73. The molecule has 2 aromatic heterocycles. The first-order valence-corrected chi connectivity index (χ1v) is 8.18. The number of aromatic nitrogens is 4. The summed E-state index contributed by atoms with van der Waals surface area (Å²) in [7, 11) is 0. The molecule has 1 atom stereocenters. The van der Waals surface area contributed by atoms with Gasteiger partial charge in [-0.3, -0.25) is 4.90 Å². The Morgan fingerprint density at radius 2 is 2.17 bits per heavy atom. The minimum atomic E-state index is -0.940.